The van der Waals surface area contributed by atoms with Gasteiger partial charge in [0.25, 0.3) is 0 Å². The van der Waals surface area contributed by atoms with Crippen LogP contribution in [0.2, 0.25) is 17.3 Å². The number of imidazole rings is 1. The quantitative estimate of drug-likeness (QED) is 0.112. The maximum Gasteiger partial charge on any atom is 0 e. The van der Waals surface area contributed by atoms with E-state index in [1.165, 1.54) is 16.7 Å². The number of fused-ring (bicyclic) bond motifs is 4. The summed E-state index contributed by atoms with van der Waals surface area (Å²) in [5.74, 6) is 9.04. The first-order valence-electron chi connectivity index (χ1n) is 21.8. The topological polar surface area (TPSA) is 69.6 Å². The Morgan fingerprint density at radius 3 is 2.13 bits per heavy atom. The Hall–Kier alpha value is -5.21. The average Bonchev–Trinajstić information content (AvgIpc) is 3.82. The minimum Gasteiger partial charge on any atom is 0 e. The third kappa shape index (κ3) is 9.52. The first kappa shape index (κ1) is 45.8. The molecule has 0 saturated heterocycles. The zero-order valence-electron chi connectivity index (χ0n) is 38.4. The van der Waals surface area contributed by atoms with Crippen LogP contribution in [0.1, 0.15) is 76.8 Å². The predicted molar refractivity (Wildman–Crippen MR) is 261 cm³/mol. The SMILES string of the molecule is CC(C)c1cncc2nc(-c3[c-]ccc4c3oc3nc(C(C)(C)C)ccc34)n(-c3ccc(-c4ccccc4)cc3)c12.Cc1ccc[c-]c1-c1cc(CC(C)C)[c]([Ge]([CH3])([CH3])[CH3])cn1.[Ir]. The van der Waals surface area contributed by atoms with E-state index in [4.69, 9.17) is 19.4 Å². The first-order valence-corrected chi connectivity index (χ1v) is 29.2. The molecule has 8 heteroatoms. The van der Waals surface area contributed by atoms with Crippen molar-refractivity contribution >= 4 is 50.8 Å². The first-order chi connectivity index (χ1) is 29.6. The zero-order valence-corrected chi connectivity index (χ0v) is 42.9. The van der Waals surface area contributed by atoms with Crippen LogP contribution in [0.5, 0.6) is 0 Å². The molecule has 0 spiro atoms. The van der Waals surface area contributed by atoms with E-state index in [9.17, 15) is 0 Å². The van der Waals surface area contributed by atoms with Gasteiger partial charge in [-0.05, 0) is 46.9 Å². The molecule has 63 heavy (non-hydrogen) atoms. The van der Waals surface area contributed by atoms with Crippen LogP contribution in [-0.4, -0.2) is 37.8 Å². The second-order valence-corrected chi connectivity index (χ2v) is 29.8. The summed E-state index contributed by atoms with van der Waals surface area (Å²) < 4.78 is 10.3. The van der Waals surface area contributed by atoms with Crippen molar-refractivity contribution in [2.24, 2.45) is 5.92 Å². The summed E-state index contributed by atoms with van der Waals surface area (Å²) in [5, 5.41) is 1.99. The summed E-state index contributed by atoms with van der Waals surface area (Å²) in [6.45, 7) is 17.6. The van der Waals surface area contributed by atoms with Crippen LogP contribution in [0.25, 0.3) is 72.6 Å². The summed E-state index contributed by atoms with van der Waals surface area (Å²) in [5.41, 5.74) is 14.4. The standard InChI is InChI=1S/C36H31N4O.C19H26GeN.Ir/c1-22(2)29-20-37-21-30-32(29)40(25-16-14-24(15-17-25)23-10-7-6-8-11-23)34(38-30)28-13-9-12-26-27-18-19-31(36(3,4)5)39-35(27)41-33(26)28;1-14(2)11-16-12-19(17-10-8-7-9-15(17)3)21-13-18(16)20(4,5)6;/h6-12,14-22H,1-5H3;7-9,12-14H,11H2,1-6H3;/q2*-1;. The van der Waals surface area contributed by atoms with E-state index in [2.05, 4.69) is 173 Å². The monoisotopic (exact) mass is 1070 g/mol. The maximum atomic E-state index is 6.50. The summed E-state index contributed by atoms with van der Waals surface area (Å²) in [6, 6.07) is 42.6. The van der Waals surface area contributed by atoms with Gasteiger partial charge in [-0.15, -0.1) is 18.2 Å². The average molecular weight is 1070 g/mol. The predicted octanol–water partition coefficient (Wildman–Crippen LogP) is 13.9. The molecule has 1 radical (unpaired) electrons. The third-order valence-electron chi connectivity index (χ3n) is 11.5. The van der Waals surface area contributed by atoms with Crippen LogP contribution < -0.4 is 4.40 Å². The molecule has 0 N–H and O–H groups in total. The van der Waals surface area contributed by atoms with E-state index >= 15 is 0 Å². The Morgan fingerprint density at radius 2 is 1.46 bits per heavy atom. The maximum absolute atomic E-state index is 6.50. The molecule has 6 nitrogen and oxygen atoms in total. The fraction of sp³-hybridized carbons (Fsp3) is 0.273. The van der Waals surface area contributed by atoms with Gasteiger partial charge >= 0.3 is 132 Å². The summed E-state index contributed by atoms with van der Waals surface area (Å²) in [4.78, 5) is 19.3. The van der Waals surface area contributed by atoms with E-state index in [-0.39, 0.29) is 31.4 Å². The Balaban J connectivity index is 0.000000229. The molecule has 5 heterocycles. The number of hydrogen-bond donors (Lipinski definition) is 0. The summed E-state index contributed by atoms with van der Waals surface area (Å²) >= 11 is -1.87. The molecule has 5 aromatic heterocycles. The molecule has 4 aromatic carbocycles. The van der Waals surface area contributed by atoms with Crippen molar-refractivity contribution in [2.45, 2.75) is 90.4 Å². The molecule has 323 valence electrons. The number of benzene rings is 4. The Kier molecular flexibility index (Phi) is 13.4. The Bertz CT molecular complexity index is 3030. The van der Waals surface area contributed by atoms with Crippen molar-refractivity contribution in [3.05, 3.63) is 156 Å². The van der Waals surface area contributed by atoms with Crippen LogP contribution in [-0.2, 0) is 31.9 Å². The second-order valence-electron chi connectivity index (χ2n) is 19.2. The van der Waals surface area contributed by atoms with Crippen molar-refractivity contribution in [3.63, 3.8) is 0 Å². The van der Waals surface area contributed by atoms with Gasteiger partial charge in [0.2, 0.25) is 5.71 Å². The molecule has 9 aromatic rings. The van der Waals surface area contributed by atoms with Gasteiger partial charge < -0.3 is 8.98 Å². The van der Waals surface area contributed by atoms with E-state index in [1.807, 2.05) is 42.7 Å². The minimum atomic E-state index is -1.87. The number of furan rings is 1. The van der Waals surface area contributed by atoms with Crippen LogP contribution >= 0.6 is 0 Å². The van der Waals surface area contributed by atoms with E-state index in [0.29, 0.717) is 11.6 Å². The van der Waals surface area contributed by atoms with E-state index in [0.717, 1.165) is 79.0 Å². The molecule has 0 saturated carbocycles. The number of nitrogens with zero attached hydrogens (tertiary/aromatic N) is 5. The molecule has 9 rings (SSSR count). The van der Waals surface area contributed by atoms with Gasteiger partial charge in [0.1, 0.15) is 0 Å². The molecule has 0 aliphatic rings. The molecule has 0 aliphatic carbocycles. The second kappa shape index (κ2) is 18.5. The number of aryl methyl sites for hydroxylation is 1. The van der Waals surface area contributed by atoms with Gasteiger partial charge in [-0.2, -0.15) is 0 Å². The van der Waals surface area contributed by atoms with Crippen LogP contribution in [0, 0.1) is 25.0 Å². The van der Waals surface area contributed by atoms with Crippen molar-refractivity contribution in [3.8, 4) is 39.5 Å². The van der Waals surface area contributed by atoms with E-state index in [1.54, 1.807) is 4.40 Å². The number of aromatic nitrogens is 5. The molecule has 0 bridgehead atoms. The largest absolute Gasteiger partial charge is 0 e. The fourth-order valence-corrected chi connectivity index (χ4v) is 11.6. The number of rotatable bonds is 8. The van der Waals surface area contributed by atoms with Gasteiger partial charge in [0, 0.05) is 48.5 Å². The molecule has 0 unspecified atom stereocenters. The van der Waals surface area contributed by atoms with Crippen molar-refractivity contribution < 1.29 is 24.5 Å². The van der Waals surface area contributed by atoms with Crippen LogP contribution in [0.15, 0.2) is 126 Å². The van der Waals surface area contributed by atoms with Crippen LogP contribution in [0.3, 0.4) is 0 Å². The molecule has 0 fully saturated rings. The molecule has 0 atom stereocenters. The van der Waals surface area contributed by atoms with Crippen molar-refractivity contribution in [1.82, 2.24) is 24.5 Å². The third-order valence-corrected chi connectivity index (χ3v) is 15.8. The number of pyridine rings is 3. The summed E-state index contributed by atoms with van der Waals surface area (Å²) in [7, 11) is 0. The smallest absolute Gasteiger partial charge is 0 e. The van der Waals surface area contributed by atoms with Crippen LogP contribution in [0.4, 0.5) is 0 Å². The Labute approximate surface area is 389 Å². The summed E-state index contributed by atoms with van der Waals surface area (Å²) in [6.07, 6.45) is 7.08. The van der Waals surface area contributed by atoms with Gasteiger partial charge in [-0.3, -0.25) is 9.97 Å². The van der Waals surface area contributed by atoms with Gasteiger partial charge in [0.05, 0.1) is 28.6 Å². The normalized spacial score (nSPS) is 12.0. The zero-order chi connectivity index (χ0) is 43.9. The Morgan fingerprint density at radius 1 is 0.746 bits per heavy atom. The fourth-order valence-electron chi connectivity index (χ4n) is 8.25. The molecular formula is C55H57GeIrN5O-2. The number of hydrogen-bond acceptors (Lipinski definition) is 5. The van der Waals surface area contributed by atoms with Gasteiger partial charge in [-0.25, -0.2) is 4.98 Å². The minimum absolute atomic E-state index is 0. The van der Waals surface area contributed by atoms with Gasteiger partial charge in [0.15, 0.2) is 0 Å². The molecular weight excluding hydrogens is 1010 g/mol. The molecule has 0 aliphatic heterocycles. The van der Waals surface area contributed by atoms with Gasteiger partial charge in [-0.1, -0.05) is 88.0 Å². The van der Waals surface area contributed by atoms with Crippen molar-refractivity contribution in [2.75, 3.05) is 0 Å². The molecule has 0 amide bonds. The van der Waals surface area contributed by atoms with Crippen molar-refractivity contribution in [1.29, 1.82) is 0 Å². The van der Waals surface area contributed by atoms with E-state index < -0.39 is 13.3 Å².